The van der Waals surface area contributed by atoms with Crippen LogP contribution in [0.4, 0.5) is 0 Å². The standard InChI is InChI=1S/C32H44N2O/c1-3-5-7-8-9-10-11-13-15-28-20-22-30(23-21-28)32-33-24-31(25-34-32)35-26-29-18-16-27(17-19-29)14-12-6-4-2/h16-25H,3-15,26H2,1-2H3. The van der Waals surface area contributed by atoms with Crippen molar-refractivity contribution < 1.29 is 4.74 Å². The molecule has 0 amide bonds. The number of hydrogen-bond donors (Lipinski definition) is 0. The zero-order valence-electron chi connectivity index (χ0n) is 22.0. The molecule has 0 aliphatic rings. The number of hydrogen-bond acceptors (Lipinski definition) is 3. The van der Waals surface area contributed by atoms with Crippen LogP contribution in [0.25, 0.3) is 11.4 Å². The average Bonchev–Trinajstić information content (AvgIpc) is 2.90. The zero-order valence-corrected chi connectivity index (χ0v) is 22.0. The highest BCUT2D eigenvalue weighted by atomic mass is 16.5. The fraction of sp³-hybridized carbons (Fsp3) is 0.500. The third-order valence-electron chi connectivity index (χ3n) is 6.66. The van der Waals surface area contributed by atoms with Gasteiger partial charge >= 0.3 is 0 Å². The van der Waals surface area contributed by atoms with Crippen molar-refractivity contribution in [1.29, 1.82) is 0 Å². The van der Waals surface area contributed by atoms with Gasteiger partial charge in [-0.25, -0.2) is 9.97 Å². The van der Waals surface area contributed by atoms with Crippen LogP contribution in [0.5, 0.6) is 5.75 Å². The van der Waals surface area contributed by atoms with Crippen LogP contribution in [0.3, 0.4) is 0 Å². The molecule has 0 saturated carbocycles. The van der Waals surface area contributed by atoms with Crippen LogP contribution in [0.1, 0.15) is 101 Å². The van der Waals surface area contributed by atoms with Crippen molar-refractivity contribution in [2.75, 3.05) is 0 Å². The normalized spacial score (nSPS) is 11.0. The molecule has 188 valence electrons. The molecule has 0 aliphatic carbocycles. The van der Waals surface area contributed by atoms with E-state index in [-0.39, 0.29) is 0 Å². The van der Waals surface area contributed by atoms with E-state index in [1.54, 1.807) is 12.4 Å². The SMILES string of the molecule is CCCCCCCCCCc1ccc(-c2ncc(OCc3ccc(CCCCC)cc3)cn2)cc1. The lowest BCUT2D eigenvalue weighted by molar-refractivity contribution is 0.303. The number of rotatable bonds is 17. The van der Waals surface area contributed by atoms with Crippen molar-refractivity contribution in [2.24, 2.45) is 0 Å². The summed E-state index contributed by atoms with van der Waals surface area (Å²) in [5.74, 6) is 1.44. The van der Waals surface area contributed by atoms with Crippen molar-refractivity contribution in [3.63, 3.8) is 0 Å². The summed E-state index contributed by atoms with van der Waals surface area (Å²) < 4.78 is 5.91. The Morgan fingerprint density at radius 3 is 1.60 bits per heavy atom. The van der Waals surface area contributed by atoms with E-state index in [9.17, 15) is 0 Å². The van der Waals surface area contributed by atoms with Crippen molar-refractivity contribution in [1.82, 2.24) is 9.97 Å². The highest BCUT2D eigenvalue weighted by molar-refractivity contribution is 5.55. The van der Waals surface area contributed by atoms with E-state index >= 15 is 0 Å². The van der Waals surface area contributed by atoms with Crippen LogP contribution < -0.4 is 4.74 Å². The van der Waals surface area contributed by atoms with Gasteiger partial charge in [-0.1, -0.05) is 120 Å². The molecule has 0 bridgehead atoms. The van der Waals surface area contributed by atoms with Gasteiger partial charge < -0.3 is 4.74 Å². The van der Waals surface area contributed by atoms with Crippen molar-refractivity contribution in [3.05, 3.63) is 77.6 Å². The van der Waals surface area contributed by atoms with E-state index in [0.29, 0.717) is 12.4 Å². The van der Waals surface area contributed by atoms with Gasteiger partial charge in [-0.3, -0.25) is 0 Å². The van der Waals surface area contributed by atoms with Gasteiger partial charge in [0.2, 0.25) is 0 Å². The Morgan fingerprint density at radius 1 is 0.543 bits per heavy atom. The van der Waals surface area contributed by atoms with Crippen LogP contribution in [-0.2, 0) is 19.4 Å². The Bertz CT molecular complexity index is 933. The van der Waals surface area contributed by atoms with Crippen molar-refractivity contribution in [2.45, 2.75) is 104 Å². The van der Waals surface area contributed by atoms with Crippen LogP contribution in [0.2, 0.25) is 0 Å². The molecule has 0 atom stereocenters. The van der Waals surface area contributed by atoms with Gasteiger partial charge in [-0.2, -0.15) is 0 Å². The third-order valence-corrected chi connectivity index (χ3v) is 6.66. The summed E-state index contributed by atoms with van der Waals surface area (Å²) in [5, 5.41) is 0. The van der Waals surface area contributed by atoms with Crippen LogP contribution in [0, 0.1) is 0 Å². The summed E-state index contributed by atoms with van der Waals surface area (Å²) in [4.78, 5) is 9.06. The summed E-state index contributed by atoms with van der Waals surface area (Å²) in [6.45, 7) is 5.05. The molecule has 0 radical (unpaired) electrons. The van der Waals surface area contributed by atoms with Crippen LogP contribution >= 0.6 is 0 Å². The zero-order chi connectivity index (χ0) is 24.6. The first kappa shape index (κ1) is 26.9. The van der Waals surface area contributed by atoms with E-state index in [4.69, 9.17) is 4.74 Å². The Labute approximate surface area is 213 Å². The first-order valence-electron chi connectivity index (χ1n) is 13.9. The Balaban J connectivity index is 1.38. The number of unbranched alkanes of at least 4 members (excludes halogenated alkanes) is 9. The number of ether oxygens (including phenoxy) is 1. The molecular formula is C32H44N2O. The van der Waals surface area contributed by atoms with E-state index in [1.165, 1.54) is 87.3 Å². The quantitative estimate of drug-likeness (QED) is 0.184. The van der Waals surface area contributed by atoms with Gasteiger partial charge in [0.25, 0.3) is 0 Å². The van der Waals surface area contributed by atoms with Gasteiger partial charge in [0.05, 0.1) is 12.4 Å². The maximum atomic E-state index is 5.91. The van der Waals surface area contributed by atoms with Crippen molar-refractivity contribution in [3.8, 4) is 17.1 Å². The minimum absolute atomic E-state index is 0.533. The minimum atomic E-state index is 0.533. The van der Waals surface area contributed by atoms with Crippen LogP contribution in [-0.4, -0.2) is 9.97 Å². The lowest BCUT2D eigenvalue weighted by Gasteiger charge is -2.08. The molecule has 0 aliphatic heterocycles. The predicted molar refractivity (Wildman–Crippen MR) is 148 cm³/mol. The van der Waals surface area contributed by atoms with E-state index < -0.39 is 0 Å². The number of benzene rings is 2. The summed E-state index contributed by atoms with van der Waals surface area (Å²) >= 11 is 0. The number of aromatic nitrogens is 2. The molecule has 35 heavy (non-hydrogen) atoms. The Hall–Kier alpha value is -2.68. The molecule has 3 aromatic rings. The van der Waals surface area contributed by atoms with E-state index in [1.807, 2.05) is 0 Å². The number of nitrogens with zero attached hydrogens (tertiary/aromatic N) is 2. The van der Waals surface area contributed by atoms with Gasteiger partial charge in [0.15, 0.2) is 11.6 Å². The highest BCUT2D eigenvalue weighted by Crippen LogP contribution is 2.19. The third kappa shape index (κ3) is 10.2. The van der Waals surface area contributed by atoms with E-state index in [0.717, 1.165) is 24.2 Å². The second-order valence-corrected chi connectivity index (χ2v) is 9.73. The second-order valence-electron chi connectivity index (χ2n) is 9.73. The molecule has 1 aromatic heterocycles. The molecule has 0 spiro atoms. The maximum absolute atomic E-state index is 5.91. The first-order valence-corrected chi connectivity index (χ1v) is 13.9. The van der Waals surface area contributed by atoms with Gasteiger partial charge in [0.1, 0.15) is 6.61 Å². The predicted octanol–water partition coefficient (Wildman–Crippen LogP) is 9.14. The molecule has 0 unspecified atom stereocenters. The highest BCUT2D eigenvalue weighted by Gasteiger charge is 2.04. The summed E-state index contributed by atoms with van der Waals surface area (Å²) in [5.41, 5.74) is 5.02. The topological polar surface area (TPSA) is 35.0 Å². The lowest BCUT2D eigenvalue weighted by atomic mass is 10.0. The molecule has 1 heterocycles. The minimum Gasteiger partial charge on any atom is -0.486 e. The van der Waals surface area contributed by atoms with Gasteiger partial charge in [-0.15, -0.1) is 0 Å². The van der Waals surface area contributed by atoms with Gasteiger partial charge in [0, 0.05) is 5.56 Å². The molecule has 0 N–H and O–H groups in total. The molecule has 3 rings (SSSR count). The molecule has 3 heteroatoms. The molecule has 0 fully saturated rings. The second kappa shape index (κ2) is 16.1. The molecule has 2 aromatic carbocycles. The molecular weight excluding hydrogens is 428 g/mol. The van der Waals surface area contributed by atoms with E-state index in [2.05, 4.69) is 72.3 Å². The fourth-order valence-electron chi connectivity index (χ4n) is 4.37. The van der Waals surface area contributed by atoms with Gasteiger partial charge in [-0.05, 0) is 42.4 Å². The monoisotopic (exact) mass is 472 g/mol. The largest absolute Gasteiger partial charge is 0.486 e. The maximum Gasteiger partial charge on any atom is 0.159 e. The Morgan fingerprint density at radius 2 is 1.00 bits per heavy atom. The first-order chi connectivity index (χ1) is 17.3. The average molecular weight is 473 g/mol. The summed E-state index contributed by atoms with van der Waals surface area (Å²) in [7, 11) is 0. The molecule has 3 nitrogen and oxygen atoms in total. The Kier molecular flexibility index (Phi) is 12.4. The molecule has 0 saturated heterocycles. The lowest BCUT2D eigenvalue weighted by Crippen LogP contribution is -1.98. The fourth-order valence-corrected chi connectivity index (χ4v) is 4.37. The smallest absolute Gasteiger partial charge is 0.159 e. The number of aryl methyl sites for hydroxylation is 2. The summed E-state index contributed by atoms with van der Waals surface area (Å²) in [6, 6.07) is 17.5. The summed E-state index contributed by atoms with van der Waals surface area (Å²) in [6.07, 6.45) is 20.6. The van der Waals surface area contributed by atoms with Crippen molar-refractivity contribution >= 4 is 0 Å². The van der Waals surface area contributed by atoms with Crippen LogP contribution in [0.15, 0.2) is 60.9 Å².